The Labute approximate surface area is 128 Å². The van der Waals surface area contributed by atoms with Crippen LogP contribution in [0.1, 0.15) is 25.7 Å². The van der Waals surface area contributed by atoms with Gasteiger partial charge in [0.1, 0.15) is 0 Å². The highest BCUT2D eigenvalue weighted by molar-refractivity contribution is 7.98. The van der Waals surface area contributed by atoms with Crippen molar-refractivity contribution in [3.05, 3.63) is 24.3 Å². The summed E-state index contributed by atoms with van der Waals surface area (Å²) in [5.41, 5.74) is 0.754. The molecule has 1 aromatic rings. The molecule has 0 aliphatic heterocycles. The molecule has 1 aromatic carbocycles. The maximum Gasteiger partial charge on any atom is 0.319 e. The number of anilines is 1. The van der Waals surface area contributed by atoms with Crippen LogP contribution in [0.25, 0.3) is 0 Å². The van der Waals surface area contributed by atoms with Gasteiger partial charge in [0.15, 0.2) is 0 Å². The van der Waals surface area contributed by atoms with Gasteiger partial charge in [0.2, 0.25) is 0 Å². The van der Waals surface area contributed by atoms with Gasteiger partial charge in [-0.05, 0) is 56.2 Å². The number of carboxylic acids is 1. The van der Waals surface area contributed by atoms with Crippen molar-refractivity contribution in [2.75, 3.05) is 11.6 Å². The quantitative estimate of drug-likeness (QED) is 0.747. The fourth-order valence-corrected chi connectivity index (χ4v) is 2.92. The lowest BCUT2D eigenvalue weighted by Crippen LogP contribution is -2.40. The molecule has 0 bridgehead atoms. The molecule has 1 aliphatic rings. The Morgan fingerprint density at radius 2 is 1.76 bits per heavy atom. The average Bonchev–Trinajstić information content (AvgIpc) is 2.48. The second-order valence-corrected chi connectivity index (χ2v) is 6.09. The molecule has 5 nitrogen and oxygen atoms in total. The molecular weight excluding hydrogens is 288 g/mol. The molecule has 3 N–H and O–H groups in total. The van der Waals surface area contributed by atoms with Gasteiger partial charge in [0, 0.05) is 16.6 Å². The highest BCUT2D eigenvalue weighted by Gasteiger charge is 2.26. The van der Waals surface area contributed by atoms with Gasteiger partial charge >= 0.3 is 12.0 Å². The van der Waals surface area contributed by atoms with Gasteiger partial charge in [-0.2, -0.15) is 0 Å². The van der Waals surface area contributed by atoms with Crippen molar-refractivity contribution >= 4 is 29.4 Å². The number of urea groups is 1. The first kappa shape index (κ1) is 15.7. The third-order valence-corrected chi connectivity index (χ3v) is 4.50. The number of carbonyl (C=O) groups excluding carboxylic acids is 1. The van der Waals surface area contributed by atoms with Crippen LogP contribution in [0.15, 0.2) is 29.2 Å². The molecule has 21 heavy (non-hydrogen) atoms. The number of nitrogens with one attached hydrogen (secondary N) is 2. The van der Waals surface area contributed by atoms with Crippen LogP contribution in [0.4, 0.5) is 10.5 Å². The van der Waals surface area contributed by atoms with Crippen LogP contribution in [0.2, 0.25) is 0 Å². The van der Waals surface area contributed by atoms with Crippen molar-refractivity contribution in [3.63, 3.8) is 0 Å². The van der Waals surface area contributed by atoms with Crippen molar-refractivity contribution in [2.45, 2.75) is 36.6 Å². The zero-order valence-corrected chi connectivity index (χ0v) is 12.8. The number of hydrogen-bond donors (Lipinski definition) is 3. The van der Waals surface area contributed by atoms with Crippen molar-refractivity contribution in [1.82, 2.24) is 5.32 Å². The lowest BCUT2D eigenvalue weighted by atomic mass is 9.86. The highest BCUT2D eigenvalue weighted by atomic mass is 32.2. The van der Waals surface area contributed by atoms with E-state index in [9.17, 15) is 9.59 Å². The van der Waals surface area contributed by atoms with Gasteiger partial charge < -0.3 is 15.7 Å². The first-order chi connectivity index (χ1) is 10.1. The maximum atomic E-state index is 11.9. The molecule has 2 rings (SSSR count). The van der Waals surface area contributed by atoms with E-state index in [4.69, 9.17) is 5.11 Å². The van der Waals surface area contributed by atoms with Crippen molar-refractivity contribution in [1.29, 1.82) is 0 Å². The van der Waals surface area contributed by atoms with Gasteiger partial charge in [-0.15, -0.1) is 11.8 Å². The minimum absolute atomic E-state index is 0.0612. The zero-order valence-electron chi connectivity index (χ0n) is 12.0. The minimum atomic E-state index is -0.730. The fourth-order valence-electron chi connectivity index (χ4n) is 2.51. The molecule has 1 saturated carbocycles. The van der Waals surface area contributed by atoms with E-state index in [0.717, 1.165) is 23.4 Å². The summed E-state index contributed by atoms with van der Waals surface area (Å²) in [5, 5.41) is 14.6. The lowest BCUT2D eigenvalue weighted by molar-refractivity contribution is -0.142. The molecule has 0 spiro atoms. The van der Waals surface area contributed by atoms with E-state index >= 15 is 0 Å². The smallest absolute Gasteiger partial charge is 0.319 e. The van der Waals surface area contributed by atoms with Crippen LogP contribution in [0.5, 0.6) is 0 Å². The molecule has 0 aromatic heterocycles. The number of aliphatic carboxylic acids is 1. The van der Waals surface area contributed by atoms with E-state index in [0.29, 0.717) is 12.8 Å². The van der Waals surface area contributed by atoms with Crippen molar-refractivity contribution in [3.8, 4) is 0 Å². The van der Waals surface area contributed by atoms with Gasteiger partial charge in [-0.1, -0.05) is 0 Å². The predicted octanol–water partition coefficient (Wildman–Crippen LogP) is 3.17. The third-order valence-electron chi connectivity index (χ3n) is 3.76. The predicted molar refractivity (Wildman–Crippen MR) is 83.8 cm³/mol. The maximum absolute atomic E-state index is 11.9. The van der Waals surface area contributed by atoms with Crippen molar-refractivity contribution in [2.24, 2.45) is 5.92 Å². The largest absolute Gasteiger partial charge is 0.481 e. The van der Waals surface area contributed by atoms with Crippen LogP contribution in [0, 0.1) is 5.92 Å². The van der Waals surface area contributed by atoms with Crippen molar-refractivity contribution < 1.29 is 14.7 Å². The molecule has 0 heterocycles. The monoisotopic (exact) mass is 308 g/mol. The van der Waals surface area contributed by atoms with Crippen LogP contribution in [0.3, 0.4) is 0 Å². The Bertz CT molecular complexity index is 496. The van der Waals surface area contributed by atoms with E-state index in [-0.39, 0.29) is 18.0 Å². The summed E-state index contributed by atoms with van der Waals surface area (Å²) >= 11 is 1.65. The number of amides is 2. The Morgan fingerprint density at radius 3 is 2.29 bits per heavy atom. The Hall–Kier alpha value is -1.69. The van der Waals surface area contributed by atoms with Gasteiger partial charge in [0.05, 0.1) is 5.92 Å². The van der Waals surface area contributed by atoms with Crippen LogP contribution >= 0.6 is 11.8 Å². The summed E-state index contributed by atoms with van der Waals surface area (Å²) in [6.07, 6.45) is 4.69. The molecule has 6 heteroatoms. The molecular formula is C15H20N2O3S. The molecule has 0 radical (unpaired) electrons. The topological polar surface area (TPSA) is 78.4 Å². The summed E-state index contributed by atoms with van der Waals surface area (Å²) in [5.74, 6) is -0.989. The Morgan fingerprint density at radius 1 is 1.14 bits per heavy atom. The third kappa shape index (κ3) is 4.67. The lowest BCUT2D eigenvalue weighted by Gasteiger charge is -2.26. The first-order valence-electron chi connectivity index (χ1n) is 7.03. The van der Waals surface area contributed by atoms with E-state index < -0.39 is 5.97 Å². The minimum Gasteiger partial charge on any atom is -0.481 e. The summed E-state index contributed by atoms with van der Waals surface area (Å²) in [6.45, 7) is 0. The summed E-state index contributed by atoms with van der Waals surface area (Å²) in [6, 6.07) is 7.48. The van der Waals surface area contributed by atoms with Crippen LogP contribution in [-0.4, -0.2) is 29.4 Å². The fraction of sp³-hybridized carbons (Fsp3) is 0.467. The molecule has 1 aliphatic carbocycles. The van der Waals surface area contributed by atoms with E-state index in [2.05, 4.69) is 10.6 Å². The zero-order chi connectivity index (χ0) is 15.2. The van der Waals surface area contributed by atoms with Gasteiger partial charge in [-0.3, -0.25) is 4.79 Å². The molecule has 2 amide bonds. The number of hydrogen-bond acceptors (Lipinski definition) is 3. The Balaban J connectivity index is 1.78. The molecule has 0 atom stereocenters. The van der Waals surface area contributed by atoms with Crippen LogP contribution in [-0.2, 0) is 4.79 Å². The highest BCUT2D eigenvalue weighted by Crippen LogP contribution is 2.24. The van der Waals surface area contributed by atoms with E-state index in [1.165, 1.54) is 0 Å². The summed E-state index contributed by atoms with van der Waals surface area (Å²) in [7, 11) is 0. The second-order valence-electron chi connectivity index (χ2n) is 5.21. The normalized spacial score (nSPS) is 21.6. The number of carbonyl (C=O) groups is 2. The first-order valence-corrected chi connectivity index (χ1v) is 8.25. The van der Waals surface area contributed by atoms with E-state index in [1.54, 1.807) is 11.8 Å². The molecule has 0 unspecified atom stereocenters. The standard InChI is InChI=1S/C15H20N2O3S/c1-21-13-8-6-12(7-9-13)17-15(20)16-11-4-2-10(3-5-11)14(18)19/h6-11H,2-5H2,1H3,(H,18,19)(H2,16,17,20). The summed E-state index contributed by atoms with van der Waals surface area (Å²) < 4.78 is 0. The van der Waals surface area contributed by atoms with Gasteiger partial charge in [0.25, 0.3) is 0 Å². The average molecular weight is 308 g/mol. The molecule has 1 fully saturated rings. The van der Waals surface area contributed by atoms with Crippen LogP contribution < -0.4 is 10.6 Å². The van der Waals surface area contributed by atoms with E-state index in [1.807, 2.05) is 30.5 Å². The number of benzene rings is 1. The number of thioether (sulfide) groups is 1. The summed E-state index contributed by atoms with van der Waals surface area (Å²) in [4.78, 5) is 23.9. The SMILES string of the molecule is CSc1ccc(NC(=O)NC2CCC(C(=O)O)CC2)cc1. The number of carboxylic acid groups (broad SMARTS) is 1. The van der Waals surface area contributed by atoms with Gasteiger partial charge in [-0.25, -0.2) is 4.79 Å². The Kier molecular flexibility index (Phi) is 5.50. The molecule has 0 saturated heterocycles. The number of rotatable bonds is 4. The second kappa shape index (κ2) is 7.36. The molecule has 114 valence electrons.